The van der Waals surface area contributed by atoms with Gasteiger partial charge in [0.05, 0.1) is 0 Å². The minimum Gasteiger partial charge on any atom is -0.478 e. The quantitative estimate of drug-likeness (QED) is 0.201. The minimum atomic E-state index is -1.26. The van der Waals surface area contributed by atoms with Crippen LogP contribution >= 0.6 is 0 Å². The number of hydrogen-bond donors (Lipinski definition) is 3. The highest BCUT2D eigenvalue weighted by atomic mass is 16.6. The van der Waals surface area contributed by atoms with Gasteiger partial charge in [-0.15, -0.1) is 0 Å². The molecule has 0 amide bonds. The van der Waals surface area contributed by atoms with E-state index in [4.69, 9.17) is 19.7 Å². The van der Waals surface area contributed by atoms with Crippen LogP contribution in [0.1, 0.15) is 70.8 Å². The van der Waals surface area contributed by atoms with E-state index < -0.39 is 24.0 Å². The van der Waals surface area contributed by atoms with Crippen LogP contribution in [0.25, 0.3) is 0 Å². The van der Waals surface area contributed by atoms with Gasteiger partial charge in [-0.05, 0) is 25.3 Å². The number of benzene rings is 1. The Balaban J connectivity index is 0.000000658. The van der Waals surface area contributed by atoms with E-state index in [1.807, 2.05) is 30.3 Å². The third-order valence-electron chi connectivity index (χ3n) is 5.34. The summed E-state index contributed by atoms with van der Waals surface area (Å²) in [5.41, 5.74) is 0.942. The maximum Gasteiger partial charge on any atom is 0.328 e. The van der Waals surface area contributed by atoms with Gasteiger partial charge in [0, 0.05) is 18.6 Å². The van der Waals surface area contributed by atoms with E-state index >= 15 is 0 Å². The molecule has 2 unspecified atom stereocenters. The predicted molar refractivity (Wildman–Crippen MR) is 130 cm³/mol. The normalized spacial score (nSPS) is 17.8. The van der Waals surface area contributed by atoms with E-state index in [0.29, 0.717) is 18.6 Å². The van der Waals surface area contributed by atoms with Crippen molar-refractivity contribution in [3.63, 3.8) is 0 Å². The smallest absolute Gasteiger partial charge is 0.328 e. The molecule has 1 saturated heterocycles. The van der Waals surface area contributed by atoms with Gasteiger partial charge in [-0.3, -0.25) is 14.9 Å². The van der Waals surface area contributed by atoms with Gasteiger partial charge < -0.3 is 19.7 Å². The fourth-order valence-electron chi connectivity index (χ4n) is 3.48. The number of carbonyl (C=O) groups excluding carboxylic acids is 2. The monoisotopic (exact) mass is 491 g/mol. The van der Waals surface area contributed by atoms with Crippen molar-refractivity contribution in [1.82, 2.24) is 5.32 Å². The summed E-state index contributed by atoms with van der Waals surface area (Å²) in [7, 11) is 0. The summed E-state index contributed by atoms with van der Waals surface area (Å²) in [5, 5.41) is 18.7. The molecule has 9 heteroatoms. The molecule has 0 aromatic heterocycles. The van der Waals surface area contributed by atoms with Crippen LogP contribution in [0.5, 0.6) is 0 Å². The first-order valence-corrected chi connectivity index (χ1v) is 12.0. The fraction of sp³-hybridized carbons (Fsp3) is 0.538. The Morgan fingerprint density at radius 1 is 1.06 bits per heavy atom. The summed E-state index contributed by atoms with van der Waals surface area (Å²) in [6.45, 7) is 4.17. The molecule has 1 aliphatic heterocycles. The van der Waals surface area contributed by atoms with Gasteiger partial charge in [-0.2, -0.15) is 0 Å². The van der Waals surface area contributed by atoms with E-state index in [9.17, 15) is 19.2 Å². The molecule has 0 saturated carbocycles. The van der Waals surface area contributed by atoms with Gasteiger partial charge >= 0.3 is 23.9 Å². The Morgan fingerprint density at radius 2 is 1.66 bits per heavy atom. The second kappa shape index (κ2) is 17.3. The lowest BCUT2D eigenvalue weighted by atomic mass is 10.0. The standard InChI is InChI=1S/C22H33NO4.C4H4O4/c1-3-4-5-6-7-11-14-19-15-20(22(25)27-19)23-17(2)21(24)26-16-18-12-9-8-10-13-18;5-3(6)1-2-4(7)8/h8-10,12-13,17,19-20,23H,3-7,11,14-16H2,1-2H3;1-2H,(H,5,6)(H,7,8)/b;2-1-/t17-,19?,20?;/m0./s1. The number of carbonyl (C=O) groups is 4. The van der Waals surface area contributed by atoms with Crippen molar-refractivity contribution >= 4 is 23.9 Å². The average Bonchev–Trinajstić information content (AvgIpc) is 3.18. The zero-order chi connectivity index (χ0) is 26.1. The first kappa shape index (κ1) is 29.8. The number of cyclic esters (lactones) is 1. The second-order valence-electron chi connectivity index (χ2n) is 8.40. The van der Waals surface area contributed by atoms with E-state index in [1.54, 1.807) is 6.92 Å². The third-order valence-corrected chi connectivity index (χ3v) is 5.34. The van der Waals surface area contributed by atoms with Crippen molar-refractivity contribution < 1.29 is 38.9 Å². The Kier molecular flexibility index (Phi) is 14.7. The summed E-state index contributed by atoms with van der Waals surface area (Å²) in [5.74, 6) is -3.13. The van der Waals surface area contributed by atoms with Crippen molar-refractivity contribution in [2.75, 3.05) is 0 Å². The first-order chi connectivity index (χ1) is 16.7. The summed E-state index contributed by atoms with van der Waals surface area (Å²) in [4.78, 5) is 43.3. The molecular formula is C26H37NO8. The van der Waals surface area contributed by atoms with Gasteiger partial charge in [0.1, 0.15) is 24.8 Å². The molecule has 194 valence electrons. The molecule has 0 spiro atoms. The van der Waals surface area contributed by atoms with Gasteiger partial charge in [0.2, 0.25) is 0 Å². The molecule has 0 aliphatic carbocycles. The molecule has 9 nitrogen and oxygen atoms in total. The van der Waals surface area contributed by atoms with Crippen LogP contribution in [0.3, 0.4) is 0 Å². The molecule has 2 rings (SSSR count). The summed E-state index contributed by atoms with van der Waals surface area (Å²) >= 11 is 0. The second-order valence-corrected chi connectivity index (χ2v) is 8.40. The molecule has 3 atom stereocenters. The number of carboxylic acid groups (broad SMARTS) is 2. The van der Waals surface area contributed by atoms with Crippen LogP contribution in [-0.4, -0.2) is 52.3 Å². The molecule has 1 fully saturated rings. The SMILES string of the molecule is CCCCCCCCC1CC(N[C@@H](C)C(=O)OCc2ccccc2)C(=O)O1.O=C(O)/C=C\C(=O)O. The highest BCUT2D eigenvalue weighted by molar-refractivity contribution is 5.89. The molecule has 35 heavy (non-hydrogen) atoms. The average molecular weight is 492 g/mol. The maximum atomic E-state index is 12.2. The molecular weight excluding hydrogens is 454 g/mol. The lowest BCUT2D eigenvalue weighted by Gasteiger charge is -2.16. The molecule has 3 N–H and O–H groups in total. The molecule has 1 aromatic rings. The number of carboxylic acids is 2. The zero-order valence-corrected chi connectivity index (χ0v) is 20.5. The van der Waals surface area contributed by atoms with Gasteiger partial charge in [0.25, 0.3) is 0 Å². The molecule has 0 radical (unpaired) electrons. The molecule has 1 aromatic carbocycles. The zero-order valence-electron chi connectivity index (χ0n) is 20.5. The highest BCUT2D eigenvalue weighted by Gasteiger charge is 2.35. The largest absolute Gasteiger partial charge is 0.478 e. The number of ether oxygens (including phenoxy) is 2. The number of nitrogens with one attached hydrogen (secondary N) is 1. The van der Waals surface area contributed by atoms with Crippen LogP contribution < -0.4 is 5.32 Å². The Bertz CT molecular complexity index is 808. The number of unbranched alkanes of at least 4 members (excludes halogenated alkanes) is 5. The van der Waals surface area contributed by atoms with Gasteiger partial charge in [-0.1, -0.05) is 69.4 Å². The van der Waals surface area contributed by atoms with Crippen molar-refractivity contribution in [3.05, 3.63) is 48.0 Å². The summed E-state index contributed by atoms with van der Waals surface area (Å²) in [6, 6.07) is 8.59. The van der Waals surface area contributed by atoms with E-state index in [2.05, 4.69) is 12.2 Å². The van der Waals surface area contributed by atoms with Crippen molar-refractivity contribution in [3.8, 4) is 0 Å². The number of rotatable bonds is 14. The number of aliphatic carboxylic acids is 2. The number of hydrogen-bond acceptors (Lipinski definition) is 7. The Hall–Kier alpha value is -3.20. The molecule has 0 bridgehead atoms. The Labute approximate surface area is 206 Å². The fourth-order valence-corrected chi connectivity index (χ4v) is 3.48. The van der Waals surface area contributed by atoms with Crippen LogP contribution in [-0.2, 0) is 35.3 Å². The van der Waals surface area contributed by atoms with Crippen molar-refractivity contribution in [2.45, 2.75) is 90.0 Å². The lowest BCUT2D eigenvalue weighted by Crippen LogP contribution is -2.44. The van der Waals surface area contributed by atoms with E-state index in [1.165, 1.54) is 32.1 Å². The molecule has 1 heterocycles. The number of esters is 2. The van der Waals surface area contributed by atoms with Crippen LogP contribution in [0.15, 0.2) is 42.5 Å². The topological polar surface area (TPSA) is 139 Å². The van der Waals surface area contributed by atoms with Crippen LogP contribution in [0.2, 0.25) is 0 Å². The van der Waals surface area contributed by atoms with Gasteiger partial charge in [0.15, 0.2) is 0 Å². The van der Waals surface area contributed by atoms with Crippen LogP contribution in [0, 0.1) is 0 Å². The highest BCUT2D eigenvalue weighted by Crippen LogP contribution is 2.21. The first-order valence-electron chi connectivity index (χ1n) is 12.0. The van der Waals surface area contributed by atoms with Crippen molar-refractivity contribution in [2.24, 2.45) is 0 Å². The molecule has 1 aliphatic rings. The van der Waals surface area contributed by atoms with E-state index in [0.717, 1.165) is 18.4 Å². The van der Waals surface area contributed by atoms with Crippen molar-refractivity contribution in [1.29, 1.82) is 0 Å². The minimum absolute atomic E-state index is 0.0336. The van der Waals surface area contributed by atoms with Gasteiger partial charge in [-0.25, -0.2) is 9.59 Å². The predicted octanol–water partition coefficient (Wildman–Crippen LogP) is 3.85. The summed E-state index contributed by atoms with van der Waals surface area (Å²) < 4.78 is 10.8. The van der Waals surface area contributed by atoms with Crippen LogP contribution in [0.4, 0.5) is 0 Å². The maximum absolute atomic E-state index is 12.2. The Morgan fingerprint density at radius 3 is 2.26 bits per heavy atom. The lowest BCUT2D eigenvalue weighted by molar-refractivity contribution is -0.148. The van der Waals surface area contributed by atoms with E-state index in [-0.39, 0.29) is 24.6 Å². The third kappa shape index (κ3) is 13.9. The summed E-state index contributed by atoms with van der Waals surface area (Å²) in [6.07, 6.45) is 9.97.